The Hall–Kier alpha value is -1.77. The summed E-state index contributed by atoms with van der Waals surface area (Å²) in [7, 11) is 0. The van der Waals surface area contributed by atoms with Gasteiger partial charge in [0.2, 0.25) is 0 Å². The van der Waals surface area contributed by atoms with E-state index < -0.39 is 0 Å². The molecule has 6 nitrogen and oxygen atoms in total. The zero-order valence-corrected chi connectivity index (χ0v) is 15.9. The van der Waals surface area contributed by atoms with Crippen LogP contribution in [0.25, 0.3) is 0 Å². The minimum atomic E-state index is -0.140. The van der Waals surface area contributed by atoms with Crippen LogP contribution in [0.4, 0.5) is 0 Å². The highest BCUT2D eigenvalue weighted by atomic mass is 127. The molecule has 7 heteroatoms. The standard InChI is InChI=1S/C16H24N4O2.HI/c1-4-18-15(21)11-22-14-7-5-6-13(8-14)10-20-16(17)19-9-12(2)3;/h5-8H,2,4,9-11H2,1,3H3,(H,18,21)(H3,17,19,20);1H. The van der Waals surface area contributed by atoms with Gasteiger partial charge in [-0.3, -0.25) is 4.79 Å². The first kappa shape index (κ1) is 21.2. The molecule has 0 saturated heterocycles. The van der Waals surface area contributed by atoms with E-state index in [0.29, 0.717) is 31.3 Å². The van der Waals surface area contributed by atoms with Crippen molar-refractivity contribution in [3.8, 4) is 5.75 Å². The third-order valence-corrected chi connectivity index (χ3v) is 2.65. The summed E-state index contributed by atoms with van der Waals surface area (Å²) in [5, 5.41) is 5.64. The smallest absolute Gasteiger partial charge is 0.257 e. The van der Waals surface area contributed by atoms with Crippen LogP contribution in [-0.4, -0.2) is 31.6 Å². The number of guanidine groups is 1. The van der Waals surface area contributed by atoms with E-state index in [1.54, 1.807) is 6.07 Å². The van der Waals surface area contributed by atoms with Gasteiger partial charge in [0.25, 0.3) is 5.91 Å². The number of likely N-dealkylation sites (N-methyl/N-ethyl adjacent to an activating group) is 1. The Balaban J connectivity index is 0.00000484. The molecule has 0 bridgehead atoms. The molecular formula is C16H25IN4O2. The van der Waals surface area contributed by atoms with Crippen molar-refractivity contribution in [2.24, 2.45) is 10.7 Å². The predicted molar refractivity (Wildman–Crippen MR) is 104 cm³/mol. The van der Waals surface area contributed by atoms with E-state index in [4.69, 9.17) is 10.5 Å². The van der Waals surface area contributed by atoms with Gasteiger partial charge >= 0.3 is 0 Å². The summed E-state index contributed by atoms with van der Waals surface area (Å²) in [5.41, 5.74) is 7.69. The molecule has 128 valence electrons. The second kappa shape index (κ2) is 11.8. The van der Waals surface area contributed by atoms with E-state index >= 15 is 0 Å². The molecule has 1 amide bonds. The number of amides is 1. The Morgan fingerprint density at radius 3 is 2.78 bits per heavy atom. The number of benzene rings is 1. The third-order valence-electron chi connectivity index (χ3n) is 2.65. The fourth-order valence-corrected chi connectivity index (χ4v) is 1.60. The van der Waals surface area contributed by atoms with Crippen LogP contribution in [0.5, 0.6) is 5.75 Å². The number of hydrogen-bond donors (Lipinski definition) is 3. The Morgan fingerprint density at radius 2 is 2.13 bits per heavy atom. The van der Waals surface area contributed by atoms with Gasteiger partial charge in [0.15, 0.2) is 12.6 Å². The summed E-state index contributed by atoms with van der Waals surface area (Å²) in [6.07, 6.45) is 0. The second-order valence-corrected chi connectivity index (χ2v) is 4.90. The maximum absolute atomic E-state index is 11.4. The number of aliphatic imine (C=N–C) groups is 1. The molecule has 0 aromatic heterocycles. The van der Waals surface area contributed by atoms with Crippen molar-refractivity contribution in [3.05, 3.63) is 42.0 Å². The van der Waals surface area contributed by atoms with Gasteiger partial charge in [0.05, 0.1) is 6.54 Å². The van der Waals surface area contributed by atoms with Gasteiger partial charge in [0, 0.05) is 13.1 Å². The van der Waals surface area contributed by atoms with Crippen LogP contribution in [0, 0.1) is 0 Å². The Kier molecular flexibility index (Phi) is 10.8. The summed E-state index contributed by atoms with van der Waals surface area (Å²) < 4.78 is 5.43. The van der Waals surface area contributed by atoms with Crippen LogP contribution in [0.3, 0.4) is 0 Å². The lowest BCUT2D eigenvalue weighted by molar-refractivity contribution is -0.122. The fourth-order valence-electron chi connectivity index (χ4n) is 1.60. The maximum atomic E-state index is 11.4. The van der Waals surface area contributed by atoms with Crippen molar-refractivity contribution >= 4 is 35.8 Å². The van der Waals surface area contributed by atoms with Crippen molar-refractivity contribution in [3.63, 3.8) is 0 Å². The molecule has 0 aliphatic rings. The zero-order valence-electron chi connectivity index (χ0n) is 13.6. The zero-order chi connectivity index (χ0) is 16.4. The van der Waals surface area contributed by atoms with Crippen LogP contribution < -0.4 is 21.1 Å². The summed E-state index contributed by atoms with van der Waals surface area (Å²) in [6.45, 7) is 9.19. The predicted octanol–water partition coefficient (Wildman–Crippen LogP) is 1.80. The van der Waals surface area contributed by atoms with Crippen LogP contribution in [0.1, 0.15) is 19.4 Å². The van der Waals surface area contributed by atoms with E-state index in [1.165, 1.54) is 0 Å². The average molecular weight is 432 g/mol. The minimum absolute atomic E-state index is 0. The molecule has 0 atom stereocenters. The van der Waals surface area contributed by atoms with Gasteiger partial charge in [0.1, 0.15) is 5.75 Å². The van der Waals surface area contributed by atoms with E-state index in [-0.39, 0.29) is 36.5 Å². The second-order valence-electron chi connectivity index (χ2n) is 4.90. The van der Waals surface area contributed by atoms with Gasteiger partial charge in [-0.05, 0) is 31.5 Å². The summed E-state index contributed by atoms with van der Waals surface area (Å²) >= 11 is 0. The highest BCUT2D eigenvalue weighted by Crippen LogP contribution is 2.13. The van der Waals surface area contributed by atoms with E-state index in [9.17, 15) is 4.79 Å². The van der Waals surface area contributed by atoms with Crippen molar-refractivity contribution in [1.82, 2.24) is 10.6 Å². The molecule has 0 heterocycles. The van der Waals surface area contributed by atoms with Crippen molar-refractivity contribution in [1.29, 1.82) is 0 Å². The Bertz CT molecular complexity index is 547. The molecule has 0 unspecified atom stereocenters. The molecule has 1 aromatic carbocycles. The number of carbonyl (C=O) groups is 1. The van der Waals surface area contributed by atoms with Gasteiger partial charge in [-0.15, -0.1) is 24.0 Å². The normalized spacial score (nSPS) is 10.4. The summed E-state index contributed by atoms with van der Waals surface area (Å²) in [6, 6.07) is 7.42. The first-order chi connectivity index (χ1) is 10.5. The molecule has 0 fully saturated rings. The maximum Gasteiger partial charge on any atom is 0.257 e. The van der Waals surface area contributed by atoms with Gasteiger partial charge in [-0.1, -0.05) is 24.3 Å². The molecule has 1 rings (SSSR count). The molecule has 0 aliphatic carbocycles. The van der Waals surface area contributed by atoms with Crippen molar-refractivity contribution in [2.45, 2.75) is 20.4 Å². The largest absolute Gasteiger partial charge is 0.484 e. The van der Waals surface area contributed by atoms with Crippen LogP contribution in [-0.2, 0) is 11.3 Å². The molecule has 0 radical (unpaired) electrons. The number of ether oxygens (including phenoxy) is 1. The van der Waals surface area contributed by atoms with Crippen LogP contribution in [0.15, 0.2) is 41.4 Å². The first-order valence-corrected chi connectivity index (χ1v) is 7.18. The topological polar surface area (TPSA) is 88.7 Å². The van der Waals surface area contributed by atoms with E-state index in [1.807, 2.05) is 32.0 Å². The number of nitrogens with zero attached hydrogens (tertiary/aromatic N) is 1. The summed E-state index contributed by atoms with van der Waals surface area (Å²) in [4.78, 5) is 15.6. The average Bonchev–Trinajstić information content (AvgIpc) is 2.49. The molecule has 23 heavy (non-hydrogen) atoms. The lowest BCUT2D eigenvalue weighted by Gasteiger charge is -2.08. The quantitative estimate of drug-likeness (QED) is 0.253. The molecule has 0 aliphatic heterocycles. The minimum Gasteiger partial charge on any atom is -0.484 e. The lowest BCUT2D eigenvalue weighted by atomic mass is 10.2. The highest BCUT2D eigenvalue weighted by molar-refractivity contribution is 14.0. The van der Waals surface area contributed by atoms with E-state index in [0.717, 1.165) is 11.1 Å². The number of rotatable bonds is 8. The number of halogens is 1. The monoisotopic (exact) mass is 432 g/mol. The highest BCUT2D eigenvalue weighted by Gasteiger charge is 2.02. The number of nitrogens with two attached hydrogens (primary N) is 1. The molecule has 0 saturated carbocycles. The lowest BCUT2D eigenvalue weighted by Crippen LogP contribution is -2.32. The molecule has 0 spiro atoms. The molecule has 4 N–H and O–H groups in total. The van der Waals surface area contributed by atoms with Gasteiger partial charge < -0.3 is 21.1 Å². The molecule has 1 aromatic rings. The first-order valence-electron chi connectivity index (χ1n) is 7.18. The number of hydrogen-bond acceptors (Lipinski definition) is 3. The van der Waals surface area contributed by atoms with E-state index in [2.05, 4.69) is 22.2 Å². The van der Waals surface area contributed by atoms with Crippen molar-refractivity contribution in [2.75, 3.05) is 19.7 Å². The van der Waals surface area contributed by atoms with Crippen molar-refractivity contribution < 1.29 is 9.53 Å². The van der Waals surface area contributed by atoms with Crippen LogP contribution in [0.2, 0.25) is 0 Å². The number of nitrogens with one attached hydrogen (secondary N) is 2. The summed E-state index contributed by atoms with van der Waals surface area (Å²) in [5.74, 6) is 0.864. The molecular weight excluding hydrogens is 407 g/mol. The van der Waals surface area contributed by atoms with Crippen LogP contribution >= 0.6 is 24.0 Å². The Morgan fingerprint density at radius 1 is 1.39 bits per heavy atom. The third kappa shape index (κ3) is 9.77. The fraction of sp³-hybridized carbons (Fsp3) is 0.375. The van der Waals surface area contributed by atoms with Gasteiger partial charge in [-0.25, -0.2) is 4.99 Å². The SMILES string of the molecule is C=C(C)CNC(N)=NCc1cccc(OCC(=O)NCC)c1.I. The van der Waals surface area contributed by atoms with Gasteiger partial charge in [-0.2, -0.15) is 0 Å². The number of carbonyl (C=O) groups excluding carboxylic acids is 1. The Labute approximate surface area is 154 Å².